The fourth-order valence-corrected chi connectivity index (χ4v) is 4.37. The molecule has 0 aliphatic heterocycles. The van der Waals surface area contributed by atoms with E-state index in [-0.39, 0.29) is 13.2 Å². The molecule has 39 heavy (non-hydrogen) atoms. The minimum absolute atomic E-state index is 0.126. The van der Waals surface area contributed by atoms with Gasteiger partial charge in [-0.25, -0.2) is 9.07 Å². The summed E-state index contributed by atoms with van der Waals surface area (Å²) in [5.41, 5.74) is 2.44. The van der Waals surface area contributed by atoms with E-state index in [2.05, 4.69) is 0 Å². The highest BCUT2D eigenvalue weighted by Crippen LogP contribution is 2.34. The molecular weight excluding hydrogens is 501 g/mol. The topological polar surface area (TPSA) is 86.0 Å². The molecule has 1 N–H and O–H groups in total. The number of aliphatic hydroxyl groups excluding tert-OH is 1. The molecule has 3 heterocycles. The molecule has 1 atom stereocenters. The molecule has 0 aliphatic carbocycles. The SMILES string of the molecule is Cn1nc(-c2ccccc2)c(CN(Cc2ccco2)CC(O)COCc2ccco2)c1Oc1cccc(F)c1. The molecule has 5 rings (SSSR count). The first-order valence-corrected chi connectivity index (χ1v) is 12.6. The lowest BCUT2D eigenvalue weighted by atomic mass is 10.1. The highest BCUT2D eigenvalue weighted by Gasteiger charge is 2.24. The second-order valence-electron chi connectivity index (χ2n) is 9.18. The first-order valence-electron chi connectivity index (χ1n) is 12.6. The van der Waals surface area contributed by atoms with Gasteiger partial charge in [0.15, 0.2) is 0 Å². The van der Waals surface area contributed by atoms with Gasteiger partial charge in [-0.2, -0.15) is 5.10 Å². The van der Waals surface area contributed by atoms with Crippen molar-refractivity contribution in [3.05, 3.63) is 114 Å². The van der Waals surface area contributed by atoms with Crippen molar-refractivity contribution >= 4 is 0 Å². The predicted octanol–water partition coefficient (Wildman–Crippen LogP) is 5.78. The number of nitrogens with zero attached hydrogens (tertiary/aromatic N) is 3. The number of ether oxygens (including phenoxy) is 2. The van der Waals surface area contributed by atoms with Gasteiger partial charge < -0.3 is 23.4 Å². The van der Waals surface area contributed by atoms with Gasteiger partial charge in [0.05, 0.1) is 37.3 Å². The number of rotatable bonds is 13. The van der Waals surface area contributed by atoms with E-state index < -0.39 is 11.9 Å². The summed E-state index contributed by atoms with van der Waals surface area (Å²) in [7, 11) is 1.79. The van der Waals surface area contributed by atoms with E-state index in [0.29, 0.717) is 37.0 Å². The minimum atomic E-state index is -0.778. The number of hydrogen-bond acceptors (Lipinski definition) is 7. The van der Waals surface area contributed by atoms with Crippen molar-refractivity contribution in [2.45, 2.75) is 25.8 Å². The lowest BCUT2D eigenvalue weighted by Gasteiger charge is -2.25. The Balaban J connectivity index is 1.41. The Hall–Kier alpha value is -4.18. The maximum atomic E-state index is 13.9. The molecule has 8 nitrogen and oxygen atoms in total. The van der Waals surface area contributed by atoms with Crippen molar-refractivity contribution in [3.8, 4) is 22.9 Å². The number of aliphatic hydroxyl groups is 1. The van der Waals surface area contributed by atoms with E-state index in [0.717, 1.165) is 22.6 Å². The molecule has 0 amide bonds. The Morgan fingerprint density at radius 2 is 1.72 bits per heavy atom. The Bertz CT molecular complexity index is 1440. The van der Waals surface area contributed by atoms with E-state index in [9.17, 15) is 9.50 Å². The molecule has 0 radical (unpaired) electrons. The highest BCUT2D eigenvalue weighted by atomic mass is 19.1. The lowest BCUT2D eigenvalue weighted by molar-refractivity contribution is 0.00156. The van der Waals surface area contributed by atoms with Crippen molar-refractivity contribution in [1.29, 1.82) is 0 Å². The molecule has 3 aromatic heterocycles. The Labute approximate surface area is 225 Å². The van der Waals surface area contributed by atoms with Crippen molar-refractivity contribution < 1.29 is 27.8 Å². The number of hydrogen-bond donors (Lipinski definition) is 1. The third kappa shape index (κ3) is 7.02. The van der Waals surface area contributed by atoms with Crippen molar-refractivity contribution in [1.82, 2.24) is 14.7 Å². The molecule has 0 fully saturated rings. The number of furan rings is 2. The Kier molecular flexibility index (Phi) is 8.52. The number of aryl methyl sites for hydroxylation is 1. The van der Waals surface area contributed by atoms with Crippen molar-refractivity contribution in [3.63, 3.8) is 0 Å². The average molecular weight is 532 g/mol. The monoisotopic (exact) mass is 531 g/mol. The maximum Gasteiger partial charge on any atom is 0.222 e. The molecule has 2 aromatic carbocycles. The van der Waals surface area contributed by atoms with Crippen LogP contribution in [0.2, 0.25) is 0 Å². The van der Waals surface area contributed by atoms with E-state index >= 15 is 0 Å². The van der Waals surface area contributed by atoms with Gasteiger partial charge in [0.2, 0.25) is 5.88 Å². The van der Waals surface area contributed by atoms with Crippen LogP contribution < -0.4 is 4.74 Å². The van der Waals surface area contributed by atoms with Crippen molar-refractivity contribution in [2.24, 2.45) is 7.05 Å². The van der Waals surface area contributed by atoms with Crippen LogP contribution in [-0.4, -0.2) is 39.0 Å². The van der Waals surface area contributed by atoms with Gasteiger partial charge in [0.25, 0.3) is 0 Å². The smallest absolute Gasteiger partial charge is 0.222 e. The third-order valence-corrected chi connectivity index (χ3v) is 6.09. The van der Waals surface area contributed by atoms with Crippen LogP contribution in [0.1, 0.15) is 17.1 Å². The summed E-state index contributed by atoms with van der Waals surface area (Å²) in [5.74, 6) is 1.89. The fraction of sp³-hybridized carbons (Fsp3) is 0.233. The van der Waals surface area contributed by atoms with Crippen LogP contribution >= 0.6 is 0 Å². The molecule has 9 heteroatoms. The lowest BCUT2D eigenvalue weighted by Crippen LogP contribution is -2.34. The van der Waals surface area contributed by atoms with Crippen LogP contribution in [0.4, 0.5) is 4.39 Å². The summed E-state index contributed by atoms with van der Waals surface area (Å²) < 4.78 is 38.3. The Morgan fingerprint density at radius 3 is 2.44 bits per heavy atom. The predicted molar refractivity (Wildman–Crippen MR) is 142 cm³/mol. The minimum Gasteiger partial charge on any atom is -0.468 e. The van der Waals surface area contributed by atoms with Gasteiger partial charge in [-0.15, -0.1) is 0 Å². The summed E-state index contributed by atoms with van der Waals surface area (Å²) in [4.78, 5) is 2.04. The van der Waals surface area contributed by atoms with Crippen LogP contribution in [0, 0.1) is 5.82 Å². The van der Waals surface area contributed by atoms with Gasteiger partial charge in [-0.1, -0.05) is 36.4 Å². The molecule has 0 aliphatic rings. The summed E-state index contributed by atoms with van der Waals surface area (Å²) in [6.45, 7) is 1.50. The van der Waals surface area contributed by atoms with Gasteiger partial charge >= 0.3 is 0 Å². The van der Waals surface area contributed by atoms with Gasteiger partial charge in [0.1, 0.15) is 35.4 Å². The number of aromatic nitrogens is 2. The molecule has 0 saturated carbocycles. The standard InChI is InChI=1S/C30H30FN3O5/c1-33-30(39-25-11-5-10-23(31)16-25)28(29(32-33)22-8-3-2-4-9-22)19-34(18-26-12-6-14-37-26)17-24(35)20-36-21-27-13-7-15-38-27/h2-16,24,35H,17-21H2,1H3. The zero-order valence-corrected chi connectivity index (χ0v) is 21.6. The number of benzene rings is 2. The molecule has 0 bridgehead atoms. The molecule has 202 valence electrons. The summed E-state index contributed by atoms with van der Waals surface area (Å²) >= 11 is 0. The largest absolute Gasteiger partial charge is 0.468 e. The van der Waals surface area contributed by atoms with E-state index in [1.54, 1.807) is 42.5 Å². The molecule has 0 spiro atoms. The van der Waals surface area contributed by atoms with Crippen LogP contribution in [0.3, 0.4) is 0 Å². The maximum absolute atomic E-state index is 13.9. The number of halogens is 1. The fourth-order valence-electron chi connectivity index (χ4n) is 4.37. The first-order chi connectivity index (χ1) is 19.0. The highest BCUT2D eigenvalue weighted by molar-refractivity contribution is 5.65. The third-order valence-electron chi connectivity index (χ3n) is 6.09. The zero-order chi connectivity index (χ0) is 27.0. The van der Waals surface area contributed by atoms with Gasteiger partial charge in [0, 0.05) is 31.8 Å². The van der Waals surface area contributed by atoms with Crippen LogP contribution in [0.15, 0.2) is 100 Å². The summed E-state index contributed by atoms with van der Waals surface area (Å²) in [5, 5.41) is 15.6. The second kappa shape index (κ2) is 12.6. The molecule has 0 saturated heterocycles. The summed E-state index contributed by atoms with van der Waals surface area (Å²) in [6, 6.07) is 23.1. The quantitative estimate of drug-likeness (QED) is 0.206. The van der Waals surface area contributed by atoms with Gasteiger partial charge in [-0.3, -0.25) is 4.90 Å². The average Bonchev–Trinajstić information content (AvgIpc) is 3.69. The first kappa shape index (κ1) is 26.4. The van der Waals surface area contributed by atoms with E-state index in [1.807, 2.05) is 53.4 Å². The van der Waals surface area contributed by atoms with E-state index in [4.69, 9.17) is 23.4 Å². The Morgan fingerprint density at radius 1 is 0.949 bits per heavy atom. The van der Waals surface area contributed by atoms with Crippen LogP contribution in [-0.2, 0) is 31.5 Å². The molecule has 1 unspecified atom stereocenters. The van der Waals surface area contributed by atoms with Gasteiger partial charge in [-0.05, 0) is 36.4 Å². The normalized spacial score (nSPS) is 12.2. The van der Waals surface area contributed by atoms with Crippen molar-refractivity contribution in [2.75, 3.05) is 13.2 Å². The van der Waals surface area contributed by atoms with Crippen LogP contribution in [0.25, 0.3) is 11.3 Å². The molecule has 5 aromatic rings. The van der Waals surface area contributed by atoms with E-state index in [1.165, 1.54) is 12.1 Å². The summed E-state index contributed by atoms with van der Waals surface area (Å²) in [6.07, 6.45) is 2.43. The second-order valence-corrected chi connectivity index (χ2v) is 9.18. The zero-order valence-electron chi connectivity index (χ0n) is 21.6. The van der Waals surface area contributed by atoms with Crippen LogP contribution in [0.5, 0.6) is 11.6 Å². The molecular formula is C30H30FN3O5.